The summed E-state index contributed by atoms with van der Waals surface area (Å²) in [5, 5.41) is 17.6. The topological polar surface area (TPSA) is 49.7 Å². The van der Waals surface area contributed by atoms with Crippen molar-refractivity contribution in [2.75, 3.05) is 0 Å². The molecule has 1 unspecified atom stereocenters. The first-order valence-corrected chi connectivity index (χ1v) is 5.76. The fourth-order valence-corrected chi connectivity index (χ4v) is 1.77. The summed E-state index contributed by atoms with van der Waals surface area (Å²) in [4.78, 5) is 0. The van der Waals surface area contributed by atoms with Gasteiger partial charge in [0, 0.05) is 0 Å². The predicted octanol–water partition coefficient (Wildman–Crippen LogP) is 2.33. The van der Waals surface area contributed by atoms with Crippen molar-refractivity contribution in [1.29, 1.82) is 0 Å². The maximum Gasteiger partial charge on any atom is 0.707 e. The van der Waals surface area contributed by atoms with Gasteiger partial charge in [-0.15, -0.1) is 0 Å². The molecule has 3 nitrogen and oxygen atoms in total. The van der Waals surface area contributed by atoms with Gasteiger partial charge in [-0.3, -0.25) is 0 Å². The first-order chi connectivity index (χ1) is 7.65. The highest BCUT2D eigenvalue weighted by molar-refractivity contribution is 6.33. The second kappa shape index (κ2) is 6.56. The van der Waals surface area contributed by atoms with Gasteiger partial charge in [0.15, 0.2) is 0 Å². The minimum Gasteiger partial charge on any atom is -0.512 e. The van der Waals surface area contributed by atoms with E-state index in [9.17, 15) is 0 Å². The SMILES string of the molecule is CCCCC(C)c1ccccc1OB(O)O. The molecule has 2 N–H and O–H groups in total. The van der Waals surface area contributed by atoms with Crippen LogP contribution in [0.4, 0.5) is 0 Å². The molecule has 0 spiro atoms. The number of hydrogen-bond acceptors (Lipinski definition) is 3. The molecule has 0 saturated carbocycles. The van der Waals surface area contributed by atoms with Crippen LogP contribution in [-0.2, 0) is 0 Å². The van der Waals surface area contributed by atoms with Crippen LogP contribution in [0.2, 0.25) is 0 Å². The molecule has 0 aromatic heterocycles. The third kappa shape index (κ3) is 3.87. The first-order valence-electron chi connectivity index (χ1n) is 5.76. The Bertz CT molecular complexity index is 315. The molecule has 1 aromatic rings. The third-order valence-corrected chi connectivity index (χ3v) is 2.67. The van der Waals surface area contributed by atoms with Crippen molar-refractivity contribution in [3.05, 3.63) is 29.8 Å². The average Bonchev–Trinajstić information content (AvgIpc) is 2.26. The Morgan fingerprint density at radius 3 is 2.62 bits per heavy atom. The van der Waals surface area contributed by atoms with Crippen LogP contribution in [0.1, 0.15) is 44.6 Å². The molecule has 0 saturated heterocycles. The number of rotatable bonds is 6. The van der Waals surface area contributed by atoms with Gasteiger partial charge in [-0.1, -0.05) is 44.9 Å². The molecule has 0 bridgehead atoms. The number of benzene rings is 1. The summed E-state index contributed by atoms with van der Waals surface area (Å²) in [7, 11) is -1.75. The zero-order valence-electron chi connectivity index (χ0n) is 9.89. The highest BCUT2D eigenvalue weighted by Gasteiger charge is 2.16. The van der Waals surface area contributed by atoms with Gasteiger partial charge in [0.25, 0.3) is 0 Å². The smallest absolute Gasteiger partial charge is 0.512 e. The average molecular weight is 222 g/mol. The lowest BCUT2D eigenvalue weighted by Gasteiger charge is -2.16. The van der Waals surface area contributed by atoms with E-state index in [1.807, 2.05) is 18.2 Å². The van der Waals surface area contributed by atoms with E-state index in [4.69, 9.17) is 14.7 Å². The summed E-state index contributed by atoms with van der Waals surface area (Å²) >= 11 is 0. The van der Waals surface area contributed by atoms with Gasteiger partial charge < -0.3 is 14.7 Å². The van der Waals surface area contributed by atoms with Crippen molar-refractivity contribution in [3.63, 3.8) is 0 Å². The second-order valence-electron chi connectivity index (χ2n) is 4.03. The van der Waals surface area contributed by atoms with Gasteiger partial charge in [0.05, 0.1) is 0 Å². The molecule has 0 aliphatic carbocycles. The monoisotopic (exact) mass is 222 g/mol. The van der Waals surface area contributed by atoms with Crippen molar-refractivity contribution in [1.82, 2.24) is 0 Å². The van der Waals surface area contributed by atoms with E-state index in [1.165, 1.54) is 0 Å². The molecule has 1 aromatic carbocycles. The van der Waals surface area contributed by atoms with Gasteiger partial charge in [0.1, 0.15) is 5.75 Å². The first kappa shape index (κ1) is 13.1. The molecule has 4 heteroatoms. The molecule has 1 atom stereocenters. The minimum atomic E-state index is -1.75. The van der Waals surface area contributed by atoms with Crippen molar-refractivity contribution < 1.29 is 14.7 Å². The molecule has 0 fully saturated rings. The molecule has 0 heterocycles. The fraction of sp³-hybridized carbons (Fsp3) is 0.500. The molecule has 0 aliphatic rings. The maximum atomic E-state index is 8.82. The van der Waals surface area contributed by atoms with Crippen molar-refractivity contribution >= 4 is 7.32 Å². The summed E-state index contributed by atoms with van der Waals surface area (Å²) < 4.78 is 4.96. The molecule has 16 heavy (non-hydrogen) atoms. The van der Waals surface area contributed by atoms with E-state index >= 15 is 0 Å². The zero-order valence-corrected chi connectivity index (χ0v) is 9.89. The van der Waals surface area contributed by atoms with E-state index in [0.717, 1.165) is 24.8 Å². The molecular formula is C12H19BO3. The highest BCUT2D eigenvalue weighted by Crippen LogP contribution is 2.29. The van der Waals surface area contributed by atoms with E-state index in [-0.39, 0.29) is 0 Å². The van der Waals surface area contributed by atoms with E-state index in [1.54, 1.807) is 6.07 Å². The fourth-order valence-electron chi connectivity index (χ4n) is 1.77. The van der Waals surface area contributed by atoms with Crippen LogP contribution >= 0.6 is 0 Å². The number of hydrogen-bond donors (Lipinski definition) is 2. The Balaban J connectivity index is 2.76. The van der Waals surface area contributed by atoms with Gasteiger partial charge in [-0.25, -0.2) is 0 Å². The van der Waals surface area contributed by atoms with Crippen molar-refractivity contribution in [3.8, 4) is 5.75 Å². The Hall–Kier alpha value is -0.995. The van der Waals surface area contributed by atoms with Gasteiger partial charge in [0.2, 0.25) is 0 Å². The molecule has 88 valence electrons. The normalized spacial score (nSPS) is 12.2. The van der Waals surface area contributed by atoms with Crippen LogP contribution in [-0.4, -0.2) is 17.4 Å². The Kier molecular flexibility index (Phi) is 5.36. The Morgan fingerprint density at radius 2 is 2.00 bits per heavy atom. The quantitative estimate of drug-likeness (QED) is 0.726. The Morgan fingerprint density at radius 1 is 1.31 bits per heavy atom. The van der Waals surface area contributed by atoms with Crippen LogP contribution in [0, 0.1) is 0 Å². The summed E-state index contributed by atoms with van der Waals surface area (Å²) in [6, 6.07) is 7.50. The van der Waals surface area contributed by atoms with Gasteiger partial charge in [-0.2, -0.15) is 0 Å². The predicted molar refractivity (Wildman–Crippen MR) is 65.2 cm³/mol. The van der Waals surface area contributed by atoms with Crippen molar-refractivity contribution in [2.24, 2.45) is 0 Å². The molecule has 1 rings (SSSR count). The lowest BCUT2D eigenvalue weighted by molar-refractivity contribution is 0.286. The lowest BCUT2D eigenvalue weighted by Crippen LogP contribution is -2.21. The van der Waals surface area contributed by atoms with E-state index < -0.39 is 7.32 Å². The summed E-state index contributed by atoms with van der Waals surface area (Å²) in [5.74, 6) is 0.927. The maximum absolute atomic E-state index is 8.82. The number of para-hydroxylation sites is 1. The highest BCUT2D eigenvalue weighted by atomic mass is 16.6. The van der Waals surface area contributed by atoms with Crippen molar-refractivity contribution in [2.45, 2.75) is 39.0 Å². The lowest BCUT2D eigenvalue weighted by atomic mass is 9.94. The Labute approximate surface area is 97.3 Å². The molecule has 0 radical (unpaired) electrons. The van der Waals surface area contributed by atoms with Gasteiger partial charge >= 0.3 is 7.32 Å². The van der Waals surface area contributed by atoms with Crippen LogP contribution in [0.15, 0.2) is 24.3 Å². The summed E-state index contributed by atoms with van der Waals surface area (Å²) in [6.45, 7) is 4.29. The largest absolute Gasteiger partial charge is 0.707 e. The molecule has 0 aliphatic heterocycles. The van der Waals surface area contributed by atoms with E-state index in [2.05, 4.69) is 13.8 Å². The van der Waals surface area contributed by atoms with Crippen LogP contribution < -0.4 is 4.65 Å². The third-order valence-electron chi connectivity index (χ3n) is 2.67. The number of unbranched alkanes of at least 4 members (excludes halogenated alkanes) is 1. The molecular weight excluding hydrogens is 203 g/mol. The second-order valence-corrected chi connectivity index (χ2v) is 4.03. The zero-order chi connectivity index (χ0) is 12.0. The van der Waals surface area contributed by atoms with E-state index in [0.29, 0.717) is 11.7 Å². The van der Waals surface area contributed by atoms with Crippen LogP contribution in [0.3, 0.4) is 0 Å². The van der Waals surface area contributed by atoms with Gasteiger partial charge in [-0.05, 0) is 24.0 Å². The standard InChI is InChI=1S/C12H19BO3/c1-3-4-7-10(2)11-8-5-6-9-12(11)16-13(14)15/h5-6,8-10,14-15H,3-4,7H2,1-2H3. The molecule has 0 amide bonds. The summed E-state index contributed by atoms with van der Waals surface area (Å²) in [5.41, 5.74) is 1.03. The van der Waals surface area contributed by atoms with Crippen LogP contribution in [0.5, 0.6) is 5.75 Å². The van der Waals surface area contributed by atoms with Crippen LogP contribution in [0.25, 0.3) is 0 Å². The minimum absolute atomic E-state index is 0.370. The summed E-state index contributed by atoms with van der Waals surface area (Å²) in [6.07, 6.45) is 3.41.